The summed E-state index contributed by atoms with van der Waals surface area (Å²) in [4.78, 5) is 2.92. The van der Waals surface area contributed by atoms with Gasteiger partial charge in [0.2, 0.25) is 0 Å². The Balaban J connectivity index is 1.42. The largest absolute Gasteiger partial charge is 0.142 e. The fraction of sp³-hybridized carbons (Fsp3) is 0.500. The smallest absolute Gasteiger partial charge is 0.0527 e. The zero-order chi connectivity index (χ0) is 23.6. The van der Waals surface area contributed by atoms with Crippen LogP contribution in [0.3, 0.4) is 0 Å². The molecule has 0 aliphatic rings. The van der Waals surface area contributed by atoms with E-state index in [1.807, 2.05) is 22.7 Å². The van der Waals surface area contributed by atoms with Crippen LogP contribution < -0.4 is 0 Å². The van der Waals surface area contributed by atoms with Gasteiger partial charge in [0.15, 0.2) is 0 Å². The van der Waals surface area contributed by atoms with E-state index in [1.54, 1.807) is 0 Å². The molecule has 2 heteroatoms. The van der Waals surface area contributed by atoms with Crippen molar-refractivity contribution >= 4 is 44.2 Å². The molecule has 0 unspecified atom stereocenters. The van der Waals surface area contributed by atoms with Crippen molar-refractivity contribution in [2.45, 2.75) is 104 Å². The van der Waals surface area contributed by atoms with Crippen molar-refractivity contribution in [3.05, 3.63) is 58.3 Å². The van der Waals surface area contributed by atoms with E-state index in [4.69, 9.17) is 0 Å². The predicted octanol–water partition coefficient (Wildman–Crippen LogP) is 11.6. The van der Waals surface area contributed by atoms with Gasteiger partial charge >= 0.3 is 0 Å². The predicted molar refractivity (Wildman–Crippen MR) is 157 cm³/mol. The molecule has 0 saturated heterocycles. The van der Waals surface area contributed by atoms with Gasteiger partial charge in [0.05, 0.1) is 9.75 Å². The van der Waals surface area contributed by atoms with Gasteiger partial charge in [-0.1, -0.05) is 108 Å². The highest BCUT2D eigenvalue weighted by Gasteiger charge is 2.13. The van der Waals surface area contributed by atoms with Crippen LogP contribution >= 0.6 is 22.7 Å². The van der Waals surface area contributed by atoms with Gasteiger partial charge in [-0.25, -0.2) is 0 Å². The molecule has 0 radical (unpaired) electrons. The van der Waals surface area contributed by atoms with E-state index in [2.05, 4.69) is 61.0 Å². The highest BCUT2D eigenvalue weighted by Crippen LogP contribution is 2.43. The van der Waals surface area contributed by atoms with Crippen LogP contribution in [0.5, 0.6) is 0 Å². The number of benzene rings is 2. The number of aryl methyl sites for hydroxylation is 2. The van der Waals surface area contributed by atoms with Gasteiger partial charge in [0.25, 0.3) is 0 Å². The Morgan fingerprint density at radius 1 is 0.500 bits per heavy atom. The molecule has 0 bridgehead atoms. The minimum atomic E-state index is 1.21. The number of hydrogen-bond acceptors (Lipinski definition) is 2. The quantitative estimate of drug-likeness (QED) is 0.145. The van der Waals surface area contributed by atoms with E-state index < -0.39 is 0 Å². The van der Waals surface area contributed by atoms with Crippen LogP contribution in [0.1, 0.15) is 102 Å². The first kappa shape index (κ1) is 25.5. The SMILES string of the molecule is CCCCCCCCc1ccc2c(-c3scc4ccc(CCCCCCCC)cc34)scc2c1. The molecule has 0 spiro atoms. The van der Waals surface area contributed by atoms with Gasteiger partial charge in [-0.05, 0) is 64.4 Å². The van der Waals surface area contributed by atoms with Crippen molar-refractivity contribution < 1.29 is 0 Å². The zero-order valence-electron chi connectivity index (χ0n) is 21.3. The Morgan fingerprint density at radius 2 is 1.03 bits per heavy atom. The lowest BCUT2D eigenvalue weighted by Crippen LogP contribution is -1.87. The molecular formula is C32H42S2. The lowest BCUT2D eigenvalue weighted by molar-refractivity contribution is 0.607. The Kier molecular flexibility index (Phi) is 10.1. The Labute approximate surface area is 215 Å². The summed E-state index contributed by atoms with van der Waals surface area (Å²) in [6.07, 6.45) is 18.8. The van der Waals surface area contributed by atoms with E-state index in [0.717, 1.165) is 0 Å². The van der Waals surface area contributed by atoms with Crippen LogP contribution in [-0.4, -0.2) is 0 Å². The van der Waals surface area contributed by atoms with E-state index in [0.29, 0.717) is 0 Å². The number of rotatable bonds is 15. The van der Waals surface area contributed by atoms with Gasteiger partial charge in [-0.3, -0.25) is 0 Å². The lowest BCUT2D eigenvalue weighted by Gasteiger charge is -2.05. The lowest BCUT2D eigenvalue weighted by atomic mass is 10.0. The second-order valence-electron chi connectivity index (χ2n) is 10.0. The number of hydrogen-bond donors (Lipinski definition) is 0. The first-order chi connectivity index (χ1) is 16.8. The topological polar surface area (TPSA) is 0 Å². The summed E-state index contributed by atoms with van der Waals surface area (Å²) in [6.45, 7) is 4.58. The fourth-order valence-electron chi connectivity index (χ4n) is 5.07. The third kappa shape index (κ3) is 6.73. The van der Waals surface area contributed by atoms with Crippen LogP contribution in [0.4, 0.5) is 0 Å². The third-order valence-electron chi connectivity index (χ3n) is 7.17. The fourth-order valence-corrected chi connectivity index (χ4v) is 7.30. The molecule has 0 amide bonds. The Hall–Kier alpha value is -1.64. The Morgan fingerprint density at radius 3 is 1.71 bits per heavy atom. The molecule has 2 heterocycles. The van der Waals surface area contributed by atoms with E-state index >= 15 is 0 Å². The maximum absolute atomic E-state index is 2.48. The second kappa shape index (κ2) is 13.4. The maximum Gasteiger partial charge on any atom is 0.0527 e. The summed E-state index contributed by atoms with van der Waals surface area (Å²) >= 11 is 3.85. The zero-order valence-corrected chi connectivity index (χ0v) is 23.0. The summed E-state index contributed by atoms with van der Waals surface area (Å²) in [5.41, 5.74) is 3.01. The minimum absolute atomic E-state index is 1.21. The molecule has 4 aromatic rings. The molecular weight excluding hydrogens is 448 g/mol. The van der Waals surface area contributed by atoms with Gasteiger partial charge in [-0.15, -0.1) is 22.7 Å². The van der Waals surface area contributed by atoms with Crippen molar-refractivity contribution in [2.75, 3.05) is 0 Å². The molecule has 0 saturated carbocycles. The van der Waals surface area contributed by atoms with Crippen LogP contribution in [0, 0.1) is 0 Å². The molecule has 34 heavy (non-hydrogen) atoms. The van der Waals surface area contributed by atoms with Crippen LogP contribution in [0.25, 0.3) is 31.3 Å². The molecule has 0 atom stereocenters. The number of thiophene rings is 2. The first-order valence-electron chi connectivity index (χ1n) is 13.8. The summed E-state index contributed by atoms with van der Waals surface area (Å²) in [5.74, 6) is 0. The van der Waals surface area contributed by atoms with Crippen LogP contribution in [-0.2, 0) is 12.8 Å². The summed E-state index contributed by atoms with van der Waals surface area (Å²) < 4.78 is 0. The average molecular weight is 491 g/mol. The molecule has 182 valence electrons. The molecule has 0 N–H and O–H groups in total. The van der Waals surface area contributed by atoms with Crippen molar-refractivity contribution in [1.29, 1.82) is 0 Å². The number of unbranched alkanes of at least 4 members (excludes halogenated alkanes) is 10. The molecule has 0 aliphatic heterocycles. The second-order valence-corrected chi connectivity index (χ2v) is 11.8. The Bertz CT molecular complexity index is 1150. The van der Waals surface area contributed by atoms with E-state index in [-0.39, 0.29) is 0 Å². The van der Waals surface area contributed by atoms with Gasteiger partial charge in [0.1, 0.15) is 0 Å². The first-order valence-corrected chi connectivity index (χ1v) is 15.6. The van der Waals surface area contributed by atoms with Crippen LogP contribution in [0.15, 0.2) is 47.2 Å². The monoisotopic (exact) mass is 490 g/mol. The highest BCUT2D eigenvalue weighted by molar-refractivity contribution is 7.22. The van der Waals surface area contributed by atoms with Gasteiger partial charge in [-0.2, -0.15) is 0 Å². The molecule has 4 rings (SSSR count). The summed E-state index contributed by atoms with van der Waals surface area (Å²) in [6, 6.07) is 14.4. The van der Waals surface area contributed by atoms with Crippen molar-refractivity contribution in [2.24, 2.45) is 0 Å². The standard InChI is InChI=1S/C32H42S2/c1-3-5-7-9-11-13-15-25-18-20-29-28(21-25)24-34-31(29)32-30-22-26(17-19-27(30)23-33-32)16-14-12-10-8-6-4-2/h17-24H,3-16H2,1-2H3. The maximum atomic E-state index is 2.48. The number of fused-ring (bicyclic) bond motifs is 2. The normalized spacial score (nSPS) is 11.7. The van der Waals surface area contributed by atoms with E-state index in [1.165, 1.54) is 132 Å². The van der Waals surface area contributed by atoms with Crippen molar-refractivity contribution in [3.63, 3.8) is 0 Å². The van der Waals surface area contributed by atoms with Crippen LogP contribution in [0.2, 0.25) is 0 Å². The minimum Gasteiger partial charge on any atom is -0.142 e. The van der Waals surface area contributed by atoms with Crippen molar-refractivity contribution in [1.82, 2.24) is 0 Å². The van der Waals surface area contributed by atoms with Crippen molar-refractivity contribution in [3.8, 4) is 9.75 Å². The summed E-state index contributed by atoms with van der Waals surface area (Å²) in [5, 5.41) is 10.4. The highest BCUT2D eigenvalue weighted by atomic mass is 32.1. The van der Waals surface area contributed by atoms with Gasteiger partial charge in [0, 0.05) is 10.8 Å². The third-order valence-corrected chi connectivity index (χ3v) is 9.37. The molecule has 2 aromatic carbocycles. The average Bonchev–Trinajstić information content (AvgIpc) is 3.46. The molecule has 0 aliphatic carbocycles. The summed E-state index contributed by atoms with van der Waals surface area (Å²) in [7, 11) is 0. The molecule has 0 nitrogen and oxygen atoms in total. The molecule has 2 aromatic heterocycles. The van der Waals surface area contributed by atoms with E-state index in [9.17, 15) is 0 Å². The molecule has 0 fully saturated rings. The van der Waals surface area contributed by atoms with Gasteiger partial charge < -0.3 is 0 Å².